The fourth-order valence-corrected chi connectivity index (χ4v) is 3.00. The van der Waals surface area contributed by atoms with Gasteiger partial charge in [-0.3, -0.25) is 14.4 Å². The van der Waals surface area contributed by atoms with Crippen LogP contribution in [-0.4, -0.2) is 34.3 Å². The van der Waals surface area contributed by atoms with Crippen LogP contribution in [0.3, 0.4) is 0 Å². The van der Waals surface area contributed by atoms with Gasteiger partial charge in [0, 0.05) is 11.0 Å². The predicted molar refractivity (Wildman–Crippen MR) is 83.0 cm³/mol. The molecule has 0 aliphatic carbocycles. The maximum Gasteiger partial charge on any atom is 0.264 e. The second-order valence-corrected chi connectivity index (χ2v) is 5.61. The highest BCUT2D eigenvalue weighted by Gasteiger charge is 2.26. The highest BCUT2D eigenvalue weighted by Crippen LogP contribution is 2.34. The number of hydrogen-bond acceptors (Lipinski definition) is 5. The molecular weight excluding hydrogens is 304 g/mol. The number of benzene rings is 1. The molecule has 112 valence electrons. The Bertz CT molecular complexity index is 769. The van der Waals surface area contributed by atoms with Crippen molar-refractivity contribution in [3.63, 3.8) is 0 Å². The lowest BCUT2D eigenvalue weighted by Gasteiger charge is -2.28. The van der Waals surface area contributed by atoms with E-state index >= 15 is 0 Å². The third kappa shape index (κ3) is 3.01. The predicted octanol–water partition coefficient (Wildman–Crippen LogP) is 0.847. The second-order valence-electron chi connectivity index (χ2n) is 4.59. The van der Waals surface area contributed by atoms with Crippen LogP contribution in [0, 0.1) is 0 Å². The number of nitrogens with zero attached hydrogens (tertiary/aromatic N) is 2. The van der Waals surface area contributed by atoms with Crippen LogP contribution in [0.5, 0.6) is 0 Å². The summed E-state index contributed by atoms with van der Waals surface area (Å²) in [4.78, 5) is 37.5. The summed E-state index contributed by atoms with van der Waals surface area (Å²) >= 11 is 1.46. The topological polar surface area (TPSA) is 95.2 Å². The molecule has 8 heteroatoms. The highest BCUT2D eigenvalue weighted by atomic mass is 32.2. The third-order valence-electron chi connectivity index (χ3n) is 3.06. The maximum absolute atomic E-state index is 12.1. The number of carbonyl (C=O) groups excluding carboxylic acids is 2. The molecule has 2 heterocycles. The van der Waals surface area contributed by atoms with Gasteiger partial charge in [-0.2, -0.15) is 5.10 Å². The van der Waals surface area contributed by atoms with Gasteiger partial charge >= 0.3 is 0 Å². The number of H-pyrrole nitrogens is 1. The van der Waals surface area contributed by atoms with Gasteiger partial charge < -0.3 is 10.2 Å². The Morgan fingerprint density at radius 1 is 1.27 bits per heavy atom. The van der Waals surface area contributed by atoms with Crippen LogP contribution < -0.4 is 15.8 Å². The van der Waals surface area contributed by atoms with E-state index in [-0.39, 0.29) is 29.7 Å². The van der Waals surface area contributed by atoms with Gasteiger partial charge in [0.25, 0.3) is 5.56 Å². The Labute approximate surface area is 129 Å². The molecule has 1 aliphatic rings. The first-order valence-electron chi connectivity index (χ1n) is 6.51. The van der Waals surface area contributed by atoms with Crippen molar-refractivity contribution < 1.29 is 9.59 Å². The molecule has 0 saturated carbocycles. The molecule has 0 unspecified atom stereocenters. The van der Waals surface area contributed by atoms with Gasteiger partial charge in [0.2, 0.25) is 11.8 Å². The normalized spacial score (nSPS) is 13.6. The van der Waals surface area contributed by atoms with E-state index < -0.39 is 0 Å². The molecule has 0 saturated heterocycles. The molecule has 1 aromatic heterocycles. The fraction of sp³-hybridized carbons (Fsp3) is 0.143. The quantitative estimate of drug-likeness (QED) is 0.875. The van der Waals surface area contributed by atoms with E-state index in [0.29, 0.717) is 5.75 Å². The first kappa shape index (κ1) is 14.3. The van der Waals surface area contributed by atoms with Crippen LogP contribution in [0.25, 0.3) is 0 Å². The van der Waals surface area contributed by atoms with Crippen LogP contribution >= 0.6 is 11.8 Å². The minimum absolute atomic E-state index is 0.1000. The number of aromatic amines is 1. The van der Waals surface area contributed by atoms with Crippen LogP contribution in [0.1, 0.15) is 0 Å². The van der Waals surface area contributed by atoms with E-state index in [9.17, 15) is 14.4 Å². The van der Waals surface area contributed by atoms with E-state index in [0.717, 1.165) is 10.6 Å². The summed E-state index contributed by atoms with van der Waals surface area (Å²) in [6.07, 6.45) is 0. The lowest BCUT2D eigenvalue weighted by Crippen LogP contribution is -2.41. The molecule has 22 heavy (non-hydrogen) atoms. The average molecular weight is 316 g/mol. The zero-order chi connectivity index (χ0) is 15.5. The van der Waals surface area contributed by atoms with Crippen molar-refractivity contribution in [3.05, 3.63) is 46.8 Å². The largest absolute Gasteiger partial charge is 0.308 e. The van der Waals surface area contributed by atoms with Crippen molar-refractivity contribution in [2.75, 3.05) is 22.5 Å². The Kier molecular flexibility index (Phi) is 3.92. The zero-order valence-electron chi connectivity index (χ0n) is 11.4. The number of para-hydroxylation sites is 1. The summed E-state index contributed by atoms with van der Waals surface area (Å²) in [5.41, 5.74) is 0.378. The molecule has 2 N–H and O–H groups in total. The summed E-state index contributed by atoms with van der Waals surface area (Å²) in [6, 6.07) is 10.1. The lowest BCUT2D eigenvalue weighted by atomic mass is 10.2. The minimum atomic E-state index is -0.380. The van der Waals surface area contributed by atoms with Crippen LogP contribution in [-0.2, 0) is 9.59 Å². The second kappa shape index (κ2) is 6.02. The summed E-state index contributed by atoms with van der Waals surface area (Å²) < 4.78 is 0. The average Bonchev–Trinajstić information content (AvgIpc) is 2.52. The SMILES string of the molecule is O=C(CN1C(=O)CSc2ccccc21)Nc1ccc(=O)[nH]n1. The molecule has 0 spiro atoms. The number of hydrogen-bond donors (Lipinski definition) is 2. The molecule has 1 aromatic carbocycles. The zero-order valence-corrected chi connectivity index (χ0v) is 12.2. The minimum Gasteiger partial charge on any atom is -0.308 e. The summed E-state index contributed by atoms with van der Waals surface area (Å²) in [5, 5.41) is 8.47. The summed E-state index contributed by atoms with van der Waals surface area (Å²) in [6.45, 7) is -0.1000. The van der Waals surface area contributed by atoms with Crippen LogP contribution in [0.2, 0.25) is 0 Å². The molecule has 0 fully saturated rings. The Morgan fingerprint density at radius 2 is 2.09 bits per heavy atom. The Morgan fingerprint density at radius 3 is 2.86 bits per heavy atom. The van der Waals surface area contributed by atoms with E-state index in [1.54, 1.807) is 0 Å². The first-order chi connectivity index (χ1) is 10.6. The Balaban J connectivity index is 1.74. The van der Waals surface area contributed by atoms with E-state index in [2.05, 4.69) is 15.5 Å². The van der Waals surface area contributed by atoms with Gasteiger partial charge in [-0.1, -0.05) is 12.1 Å². The Hall–Kier alpha value is -2.61. The monoisotopic (exact) mass is 316 g/mol. The van der Waals surface area contributed by atoms with Crippen molar-refractivity contribution >= 4 is 35.1 Å². The molecule has 2 aromatic rings. The van der Waals surface area contributed by atoms with Gasteiger partial charge in [-0.05, 0) is 18.2 Å². The van der Waals surface area contributed by atoms with Crippen molar-refractivity contribution in [3.8, 4) is 0 Å². The van der Waals surface area contributed by atoms with Gasteiger partial charge in [0.1, 0.15) is 6.54 Å². The number of anilines is 2. The molecule has 2 amide bonds. The van der Waals surface area contributed by atoms with Crippen LogP contribution in [0.15, 0.2) is 46.1 Å². The standard InChI is InChI=1S/C14H12N4O3S/c19-12-6-5-11(16-17-12)15-13(20)7-18-9-3-1-2-4-10(9)22-8-14(18)21/h1-6H,7-8H2,(H,17,19)(H,15,16,20). The molecule has 0 radical (unpaired) electrons. The molecule has 0 atom stereocenters. The first-order valence-corrected chi connectivity index (χ1v) is 7.50. The van der Waals surface area contributed by atoms with Gasteiger partial charge in [0.15, 0.2) is 5.82 Å². The van der Waals surface area contributed by atoms with E-state index in [4.69, 9.17) is 0 Å². The number of nitrogens with one attached hydrogen (secondary N) is 2. The van der Waals surface area contributed by atoms with E-state index in [1.165, 1.54) is 28.8 Å². The number of carbonyl (C=O) groups is 2. The van der Waals surface area contributed by atoms with Gasteiger partial charge in [0.05, 0.1) is 11.4 Å². The maximum atomic E-state index is 12.1. The number of thioether (sulfide) groups is 1. The number of amides is 2. The van der Waals surface area contributed by atoms with Crippen molar-refractivity contribution in [2.24, 2.45) is 0 Å². The van der Waals surface area contributed by atoms with Gasteiger partial charge in [-0.15, -0.1) is 11.8 Å². The van der Waals surface area contributed by atoms with E-state index in [1.807, 2.05) is 24.3 Å². The fourth-order valence-electron chi connectivity index (χ4n) is 2.07. The van der Waals surface area contributed by atoms with Crippen molar-refractivity contribution in [1.82, 2.24) is 10.2 Å². The molecular formula is C14H12N4O3S. The third-order valence-corrected chi connectivity index (χ3v) is 4.10. The molecule has 7 nitrogen and oxygen atoms in total. The smallest absolute Gasteiger partial charge is 0.264 e. The van der Waals surface area contributed by atoms with Crippen molar-refractivity contribution in [2.45, 2.75) is 4.90 Å². The number of aromatic nitrogens is 2. The summed E-state index contributed by atoms with van der Waals surface area (Å²) in [7, 11) is 0. The van der Waals surface area contributed by atoms with Crippen molar-refractivity contribution in [1.29, 1.82) is 0 Å². The molecule has 0 bridgehead atoms. The summed E-state index contributed by atoms with van der Waals surface area (Å²) in [5.74, 6) is 0.0425. The van der Waals surface area contributed by atoms with Crippen LogP contribution in [0.4, 0.5) is 11.5 Å². The molecule has 3 rings (SSSR count). The van der Waals surface area contributed by atoms with Gasteiger partial charge in [-0.25, -0.2) is 5.10 Å². The lowest BCUT2D eigenvalue weighted by molar-refractivity contribution is -0.120. The number of rotatable bonds is 3. The molecule has 1 aliphatic heterocycles. The highest BCUT2D eigenvalue weighted by molar-refractivity contribution is 8.00. The number of fused-ring (bicyclic) bond motifs is 1.